The molecular formula is C17H17FN6O2. The molecule has 4 rings (SSSR count). The first kappa shape index (κ1) is 16.4. The second-order valence-electron chi connectivity index (χ2n) is 6.17. The number of pyridine rings is 1. The van der Waals surface area contributed by atoms with Gasteiger partial charge >= 0.3 is 5.97 Å². The zero-order chi connectivity index (χ0) is 18.1. The molecule has 3 aromatic rings. The van der Waals surface area contributed by atoms with Crippen molar-refractivity contribution in [1.29, 1.82) is 0 Å². The highest BCUT2D eigenvalue weighted by Crippen LogP contribution is 2.21. The van der Waals surface area contributed by atoms with Gasteiger partial charge in [-0.25, -0.2) is 24.1 Å². The van der Waals surface area contributed by atoms with Crippen molar-refractivity contribution in [3.8, 4) is 11.5 Å². The molecule has 1 aliphatic rings. The minimum atomic E-state index is -1.15. The molecule has 4 heterocycles. The molecule has 0 spiro atoms. The summed E-state index contributed by atoms with van der Waals surface area (Å²) >= 11 is 0. The number of carboxylic acids is 1. The molecule has 0 saturated carbocycles. The highest BCUT2D eigenvalue weighted by Gasteiger charge is 2.18. The van der Waals surface area contributed by atoms with E-state index in [-0.39, 0.29) is 17.6 Å². The second kappa shape index (κ2) is 6.68. The molecule has 0 aromatic carbocycles. The number of fused-ring (bicyclic) bond motifs is 1. The summed E-state index contributed by atoms with van der Waals surface area (Å²) in [5.74, 6) is -0.988. The Morgan fingerprint density at radius 1 is 1.38 bits per heavy atom. The van der Waals surface area contributed by atoms with Crippen molar-refractivity contribution in [3.05, 3.63) is 42.1 Å². The fourth-order valence-electron chi connectivity index (χ4n) is 3.05. The number of piperidine rings is 1. The quantitative estimate of drug-likeness (QED) is 0.655. The van der Waals surface area contributed by atoms with Gasteiger partial charge in [-0.15, -0.1) is 0 Å². The summed E-state index contributed by atoms with van der Waals surface area (Å²) < 4.78 is 15.1. The molecule has 8 nitrogen and oxygen atoms in total. The van der Waals surface area contributed by atoms with Gasteiger partial charge in [-0.1, -0.05) is 0 Å². The van der Waals surface area contributed by atoms with Crippen LogP contribution in [0.3, 0.4) is 0 Å². The summed E-state index contributed by atoms with van der Waals surface area (Å²) in [5, 5.41) is 15.9. The van der Waals surface area contributed by atoms with Gasteiger partial charge in [-0.3, -0.25) is 4.40 Å². The highest BCUT2D eigenvalue weighted by molar-refractivity contribution is 5.87. The summed E-state index contributed by atoms with van der Waals surface area (Å²) in [6.07, 6.45) is 4.78. The number of anilines is 1. The van der Waals surface area contributed by atoms with Crippen LogP contribution in [-0.2, 0) is 0 Å². The van der Waals surface area contributed by atoms with Gasteiger partial charge in [0.25, 0.3) is 0 Å². The first-order valence-corrected chi connectivity index (χ1v) is 8.33. The smallest absolute Gasteiger partial charge is 0.354 e. The van der Waals surface area contributed by atoms with Gasteiger partial charge in [-0.05, 0) is 31.5 Å². The average Bonchev–Trinajstić information content (AvgIpc) is 3.05. The third-order valence-corrected chi connectivity index (χ3v) is 4.29. The average molecular weight is 356 g/mol. The number of carbonyl (C=O) groups is 1. The van der Waals surface area contributed by atoms with Gasteiger partial charge in [0, 0.05) is 24.8 Å². The van der Waals surface area contributed by atoms with Crippen LogP contribution in [0.1, 0.15) is 23.3 Å². The Bertz CT molecular complexity index is 967. The molecule has 1 atom stereocenters. The van der Waals surface area contributed by atoms with Gasteiger partial charge in [0.2, 0.25) is 0 Å². The fourth-order valence-corrected chi connectivity index (χ4v) is 3.05. The van der Waals surface area contributed by atoms with Gasteiger partial charge < -0.3 is 15.7 Å². The predicted molar refractivity (Wildman–Crippen MR) is 92.6 cm³/mol. The third-order valence-electron chi connectivity index (χ3n) is 4.29. The first-order valence-electron chi connectivity index (χ1n) is 8.33. The number of aromatic nitrogens is 4. The zero-order valence-electron chi connectivity index (χ0n) is 13.8. The van der Waals surface area contributed by atoms with Crippen LogP contribution in [-0.4, -0.2) is 49.6 Å². The van der Waals surface area contributed by atoms with E-state index in [1.54, 1.807) is 0 Å². The van der Waals surface area contributed by atoms with Crippen molar-refractivity contribution < 1.29 is 14.3 Å². The van der Waals surface area contributed by atoms with Crippen LogP contribution in [0.15, 0.2) is 30.6 Å². The Morgan fingerprint density at radius 2 is 2.27 bits per heavy atom. The Labute approximate surface area is 148 Å². The first-order chi connectivity index (χ1) is 12.6. The molecule has 1 unspecified atom stereocenters. The lowest BCUT2D eigenvalue weighted by atomic mass is 10.1. The van der Waals surface area contributed by atoms with Crippen molar-refractivity contribution in [2.75, 3.05) is 18.4 Å². The maximum Gasteiger partial charge on any atom is 0.354 e. The maximum atomic E-state index is 13.6. The van der Waals surface area contributed by atoms with Gasteiger partial charge in [0.15, 0.2) is 11.5 Å². The SMILES string of the molecule is O=C(O)c1cc(NC2CCCNC2)nc(-c2cnc3ccc(F)cn23)n1. The van der Waals surface area contributed by atoms with Crippen molar-refractivity contribution in [2.45, 2.75) is 18.9 Å². The number of hydrogen-bond acceptors (Lipinski definition) is 6. The van der Waals surface area contributed by atoms with Crippen LogP contribution in [0.2, 0.25) is 0 Å². The van der Waals surface area contributed by atoms with E-state index in [0.717, 1.165) is 25.9 Å². The molecule has 1 aliphatic heterocycles. The molecular weight excluding hydrogens is 339 g/mol. The van der Waals surface area contributed by atoms with Crippen LogP contribution in [0.5, 0.6) is 0 Å². The van der Waals surface area contributed by atoms with Crippen molar-refractivity contribution in [1.82, 2.24) is 24.7 Å². The number of aromatic carboxylic acids is 1. The lowest BCUT2D eigenvalue weighted by molar-refractivity contribution is 0.0690. The van der Waals surface area contributed by atoms with Crippen LogP contribution >= 0.6 is 0 Å². The number of nitrogens with one attached hydrogen (secondary N) is 2. The minimum absolute atomic E-state index is 0.132. The molecule has 26 heavy (non-hydrogen) atoms. The number of nitrogens with zero attached hydrogens (tertiary/aromatic N) is 4. The fraction of sp³-hybridized carbons (Fsp3) is 0.294. The van der Waals surface area contributed by atoms with E-state index in [1.807, 2.05) is 0 Å². The standard InChI is InChI=1S/C17H17FN6O2/c18-10-3-4-15-20-8-13(24(15)9-10)16-22-12(17(25)26)6-14(23-16)21-11-2-1-5-19-7-11/h3-4,6,8-9,11,19H,1-2,5,7H2,(H,25,26)(H,21,22,23). The number of halogens is 1. The van der Waals surface area contributed by atoms with Crippen molar-refractivity contribution in [2.24, 2.45) is 0 Å². The van der Waals surface area contributed by atoms with Gasteiger partial charge in [-0.2, -0.15) is 0 Å². The lowest BCUT2D eigenvalue weighted by Crippen LogP contribution is -2.38. The van der Waals surface area contributed by atoms with E-state index in [4.69, 9.17) is 0 Å². The minimum Gasteiger partial charge on any atom is -0.477 e. The van der Waals surface area contributed by atoms with E-state index in [0.29, 0.717) is 17.2 Å². The Hall–Kier alpha value is -3.07. The lowest BCUT2D eigenvalue weighted by Gasteiger charge is -2.24. The summed E-state index contributed by atoms with van der Waals surface area (Å²) in [7, 11) is 0. The largest absolute Gasteiger partial charge is 0.477 e. The monoisotopic (exact) mass is 356 g/mol. The molecule has 0 amide bonds. The number of rotatable bonds is 4. The highest BCUT2D eigenvalue weighted by atomic mass is 19.1. The van der Waals surface area contributed by atoms with Crippen LogP contribution in [0.25, 0.3) is 17.2 Å². The summed E-state index contributed by atoms with van der Waals surface area (Å²) in [4.78, 5) is 24.2. The maximum absolute atomic E-state index is 13.6. The molecule has 3 N–H and O–H groups in total. The Balaban J connectivity index is 1.76. The summed E-state index contributed by atoms with van der Waals surface area (Å²) in [5.41, 5.74) is 0.816. The van der Waals surface area contributed by atoms with E-state index in [9.17, 15) is 14.3 Å². The van der Waals surface area contributed by atoms with Gasteiger partial charge in [0.05, 0.1) is 6.20 Å². The van der Waals surface area contributed by atoms with E-state index in [1.165, 1.54) is 35.0 Å². The molecule has 3 aromatic heterocycles. The number of imidazole rings is 1. The normalized spacial score (nSPS) is 17.3. The predicted octanol–water partition coefficient (Wildman–Crippen LogP) is 1.79. The number of hydrogen-bond donors (Lipinski definition) is 3. The van der Waals surface area contributed by atoms with E-state index >= 15 is 0 Å². The van der Waals surface area contributed by atoms with Crippen molar-refractivity contribution in [3.63, 3.8) is 0 Å². The van der Waals surface area contributed by atoms with Crippen molar-refractivity contribution >= 4 is 17.4 Å². The summed E-state index contributed by atoms with van der Waals surface area (Å²) in [6.45, 7) is 1.75. The molecule has 0 bridgehead atoms. The topological polar surface area (TPSA) is 104 Å². The van der Waals surface area contributed by atoms with E-state index in [2.05, 4.69) is 25.6 Å². The Morgan fingerprint density at radius 3 is 3.04 bits per heavy atom. The Kier molecular flexibility index (Phi) is 4.21. The van der Waals surface area contributed by atoms with Crippen LogP contribution in [0, 0.1) is 5.82 Å². The summed E-state index contributed by atoms with van der Waals surface area (Å²) in [6, 6.07) is 4.41. The van der Waals surface area contributed by atoms with Gasteiger partial charge in [0.1, 0.15) is 23.0 Å². The molecule has 0 aliphatic carbocycles. The second-order valence-corrected chi connectivity index (χ2v) is 6.17. The van der Waals surface area contributed by atoms with Crippen LogP contribution in [0.4, 0.5) is 10.2 Å². The molecule has 0 radical (unpaired) electrons. The number of carboxylic acid groups (broad SMARTS) is 1. The third kappa shape index (κ3) is 3.21. The molecule has 9 heteroatoms. The molecule has 134 valence electrons. The van der Waals surface area contributed by atoms with Crippen LogP contribution < -0.4 is 10.6 Å². The zero-order valence-corrected chi connectivity index (χ0v) is 13.8. The molecule has 1 saturated heterocycles. The van der Waals surface area contributed by atoms with E-state index < -0.39 is 11.8 Å². The molecule has 1 fully saturated rings.